The van der Waals surface area contributed by atoms with Crippen LogP contribution in [0.3, 0.4) is 0 Å². The van der Waals surface area contributed by atoms with Crippen LogP contribution in [-0.2, 0) is 4.74 Å². The first-order chi connectivity index (χ1) is 12.2. The molecule has 2 aliphatic rings. The summed E-state index contributed by atoms with van der Waals surface area (Å²) in [7, 11) is 1.75. The summed E-state index contributed by atoms with van der Waals surface area (Å²) in [6.07, 6.45) is 5.62. The van der Waals surface area contributed by atoms with E-state index in [1.165, 1.54) is 12.8 Å². The predicted octanol–water partition coefficient (Wildman–Crippen LogP) is 2.67. The first-order valence-electron chi connectivity index (χ1n) is 9.22. The van der Waals surface area contributed by atoms with Gasteiger partial charge in [0.05, 0.1) is 23.8 Å². The number of hydrogen-bond donors (Lipinski definition) is 0. The lowest BCUT2D eigenvalue weighted by molar-refractivity contribution is 0.0697. The summed E-state index contributed by atoms with van der Waals surface area (Å²) in [5, 5.41) is 9.27. The van der Waals surface area contributed by atoms with E-state index in [2.05, 4.69) is 11.0 Å². The highest BCUT2D eigenvalue weighted by Gasteiger charge is 2.41. The van der Waals surface area contributed by atoms with Gasteiger partial charge >= 0.3 is 0 Å². The van der Waals surface area contributed by atoms with Crippen LogP contribution in [0, 0.1) is 11.3 Å². The van der Waals surface area contributed by atoms with Crippen molar-refractivity contribution < 1.29 is 9.53 Å². The van der Waals surface area contributed by atoms with E-state index in [9.17, 15) is 10.1 Å². The molecule has 1 aromatic rings. The molecule has 0 N–H and O–H groups in total. The molecule has 2 fully saturated rings. The SMILES string of the molecule is COCCN1CCC[C@]12CCCN(C(=O)c1ccccc1C#N)CC2. The number of hydrogen-bond acceptors (Lipinski definition) is 4. The summed E-state index contributed by atoms with van der Waals surface area (Å²) >= 11 is 0. The van der Waals surface area contributed by atoms with E-state index in [0.717, 1.165) is 52.0 Å². The molecule has 2 heterocycles. The van der Waals surface area contributed by atoms with Crippen molar-refractivity contribution in [2.45, 2.75) is 37.6 Å². The zero-order valence-electron chi connectivity index (χ0n) is 15.0. The molecule has 0 aromatic heterocycles. The van der Waals surface area contributed by atoms with E-state index in [1.54, 1.807) is 25.3 Å². The molecule has 1 amide bonds. The van der Waals surface area contributed by atoms with E-state index >= 15 is 0 Å². The number of amides is 1. The number of carbonyl (C=O) groups excluding carboxylic acids is 1. The van der Waals surface area contributed by atoms with Gasteiger partial charge in [-0.05, 0) is 50.8 Å². The Bertz CT molecular complexity index is 655. The summed E-state index contributed by atoms with van der Waals surface area (Å²) in [6.45, 7) is 4.41. The zero-order valence-corrected chi connectivity index (χ0v) is 15.0. The molecule has 2 saturated heterocycles. The van der Waals surface area contributed by atoms with E-state index in [4.69, 9.17) is 4.74 Å². The van der Waals surface area contributed by atoms with Crippen LogP contribution in [0.4, 0.5) is 0 Å². The monoisotopic (exact) mass is 341 g/mol. The summed E-state index contributed by atoms with van der Waals surface area (Å²) in [5.74, 6) is -0.00404. The average molecular weight is 341 g/mol. The van der Waals surface area contributed by atoms with Gasteiger partial charge in [0.1, 0.15) is 0 Å². The lowest BCUT2D eigenvalue weighted by atomic mass is 9.88. The van der Waals surface area contributed by atoms with Crippen LogP contribution in [0.5, 0.6) is 0 Å². The Morgan fingerprint density at radius 3 is 2.72 bits per heavy atom. The van der Waals surface area contributed by atoms with Gasteiger partial charge in [-0.15, -0.1) is 0 Å². The number of nitrogens with zero attached hydrogens (tertiary/aromatic N) is 3. The molecule has 0 saturated carbocycles. The van der Waals surface area contributed by atoms with Crippen molar-refractivity contribution in [2.24, 2.45) is 0 Å². The normalized spacial score (nSPS) is 24.2. The van der Waals surface area contributed by atoms with Gasteiger partial charge in [-0.3, -0.25) is 9.69 Å². The molecule has 134 valence electrons. The second-order valence-corrected chi connectivity index (χ2v) is 7.11. The fourth-order valence-electron chi connectivity index (χ4n) is 4.43. The van der Waals surface area contributed by atoms with Crippen LogP contribution in [0.15, 0.2) is 24.3 Å². The van der Waals surface area contributed by atoms with E-state index in [0.29, 0.717) is 11.1 Å². The van der Waals surface area contributed by atoms with E-state index in [1.807, 2.05) is 11.0 Å². The molecule has 1 atom stereocenters. The fourth-order valence-corrected chi connectivity index (χ4v) is 4.43. The van der Waals surface area contributed by atoms with Crippen molar-refractivity contribution in [3.63, 3.8) is 0 Å². The fraction of sp³-hybridized carbons (Fsp3) is 0.600. The molecular formula is C20H27N3O2. The number of nitriles is 1. The second-order valence-electron chi connectivity index (χ2n) is 7.11. The van der Waals surface area contributed by atoms with E-state index in [-0.39, 0.29) is 11.4 Å². The molecule has 1 spiro atoms. The number of benzene rings is 1. The highest BCUT2D eigenvalue weighted by atomic mass is 16.5. The third-order valence-corrected chi connectivity index (χ3v) is 5.79. The third kappa shape index (κ3) is 3.70. The van der Waals surface area contributed by atoms with Gasteiger partial charge < -0.3 is 9.64 Å². The molecule has 25 heavy (non-hydrogen) atoms. The van der Waals surface area contributed by atoms with Crippen molar-refractivity contribution in [1.82, 2.24) is 9.80 Å². The van der Waals surface area contributed by atoms with Crippen LogP contribution in [0.1, 0.15) is 48.0 Å². The molecule has 0 unspecified atom stereocenters. The van der Waals surface area contributed by atoms with Gasteiger partial charge in [-0.2, -0.15) is 5.26 Å². The standard InChI is InChI=1S/C20H27N3O2/c1-25-15-14-23-12-5-9-20(23)8-4-11-22(13-10-20)19(24)18-7-3-2-6-17(18)16-21/h2-3,6-7H,4-5,8-15H2,1H3/t20-/m0/s1. The molecule has 5 nitrogen and oxygen atoms in total. The number of carbonyl (C=O) groups is 1. The van der Waals surface area contributed by atoms with Crippen molar-refractivity contribution >= 4 is 5.91 Å². The van der Waals surface area contributed by atoms with E-state index < -0.39 is 0 Å². The van der Waals surface area contributed by atoms with Crippen LogP contribution in [0.25, 0.3) is 0 Å². The molecule has 0 aliphatic carbocycles. The largest absolute Gasteiger partial charge is 0.383 e. The number of methoxy groups -OCH3 is 1. The van der Waals surface area contributed by atoms with Gasteiger partial charge in [-0.25, -0.2) is 0 Å². The van der Waals surface area contributed by atoms with Crippen LogP contribution >= 0.6 is 0 Å². The maximum absolute atomic E-state index is 12.9. The number of rotatable bonds is 4. The minimum absolute atomic E-state index is 0.00404. The number of ether oxygens (including phenoxy) is 1. The average Bonchev–Trinajstić information content (AvgIpc) is 2.90. The minimum atomic E-state index is -0.00404. The Hall–Kier alpha value is -1.90. The quantitative estimate of drug-likeness (QED) is 0.845. The molecule has 2 aliphatic heterocycles. The topological polar surface area (TPSA) is 56.6 Å². The Morgan fingerprint density at radius 1 is 1.20 bits per heavy atom. The molecular weight excluding hydrogens is 314 g/mol. The van der Waals surface area contributed by atoms with Crippen molar-refractivity contribution in [3.8, 4) is 6.07 Å². The van der Waals surface area contributed by atoms with Crippen LogP contribution in [0.2, 0.25) is 0 Å². The smallest absolute Gasteiger partial charge is 0.255 e. The molecule has 1 aromatic carbocycles. The predicted molar refractivity (Wildman–Crippen MR) is 96.3 cm³/mol. The highest BCUT2D eigenvalue weighted by Crippen LogP contribution is 2.38. The summed E-state index contributed by atoms with van der Waals surface area (Å²) in [5.41, 5.74) is 1.22. The highest BCUT2D eigenvalue weighted by molar-refractivity contribution is 5.96. The first-order valence-corrected chi connectivity index (χ1v) is 9.22. The molecule has 0 bridgehead atoms. The lowest BCUT2D eigenvalue weighted by Crippen LogP contribution is -2.46. The molecule has 3 rings (SSSR count). The Kier molecular flexibility index (Phi) is 5.72. The van der Waals surface area contributed by atoms with Crippen molar-refractivity contribution in [2.75, 3.05) is 39.9 Å². The number of likely N-dealkylation sites (tertiary alicyclic amines) is 2. The molecule has 5 heteroatoms. The Balaban J connectivity index is 1.71. The maximum atomic E-state index is 12.9. The lowest BCUT2D eigenvalue weighted by Gasteiger charge is -2.38. The second kappa shape index (κ2) is 7.99. The summed E-state index contributed by atoms with van der Waals surface area (Å²) in [6, 6.07) is 9.26. The summed E-state index contributed by atoms with van der Waals surface area (Å²) < 4.78 is 5.27. The zero-order chi connectivity index (χ0) is 17.7. The maximum Gasteiger partial charge on any atom is 0.255 e. The summed E-state index contributed by atoms with van der Waals surface area (Å²) in [4.78, 5) is 17.4. The van der Waals surface area contributed by atoms with Crippen molar-refractivity contribution in [3.05, 3.63) is 35.4 Å². The van der Waals surface area contributed by atoms with Crippen LogP contribution in [-0.4, -0.2) is 61.1 Å². The van der Waals surface area contributed by atoms with Gasteiger partial charge in [0.25, 0.3) is 5.91 Å². The van der Waals surface area contributed by atoms with Crippen molar-refractivity contribution in [1.29, 1.82) is 5.26 Å². The Morgan fingerprint density at radius 2 is 1.96 bits per heavy atom. The first kappa shape index (κ1) is 17.9. The third-order valence-electron chi connectivity index (χ3n) is 5.79. The van der Waals surface area contributed by atoms with Gasteiger partial charge in [-0.1, -0.05) is 12.1 Å². The van der Waals surface area contributed by atoms with Gasteiger partial charge in [0.2, 0.25) is 0 Å². The molecule has 0 radical (unpaired) electrons. The Labute approximate surface area is 150 Å². The van der Waals surface area contributed by atoms with Gasteiger partial charge in [0.15, 0.2) is 0 Å². The van der Waals surface area contributed by atoms with Crippen LogP contribution < -0.4 is 0 Å². The minimum Gasteiger partial charge on any atom is -0.383 e. The van der Waals surface area contributed by atoms with Gasteiger partial charge in [0, 0.05) is 32.3 Å².